The number of fused-ring (bicyclic) bond motifs is 1. The highest BCUT2D eigenvalue weighted by Crippen LogP contribution is 2.39. The highest BCUT2D eigenvalue weighted by molar-refractivity contribution is 7.95. The number of carbonyl (C=O) groups excluding carboxylic acids is 1. The molecule has 0 amide bonds. The van der Waals surface area contributed by atoms with Crippen LogP contribution in [0.25, 0.3) is 22.2 Å². The first-order valence-corrected chi connectivity index (χ1v) is 21.6. The molecule has 0 saturated heterocycles. The van der Waals surface area contributed by atoms with Gasteiger partial charge in [0.15, 0.2) is 0 Å². The zero-order chi connectivity index (χ0) is 34.8. The van der Waals surface area contributed by atoms with Gasteiger partial charge in [0.1, 0.15) is 10.9 Å². The van der Waals surface area contributed by atoms with Gasteiger partial charge in [0.2, 0.25) is 5.88 Å². The minimum Gasteiger partial charge on any atom is -0.465 e. The maximum atomic E-state index is 14.4. The third-order valence-electron chi connectivity index (χ3n) is 7.93. The number of ether oxygens (including phenoxy) is 3. The van der Waals surface area contributed by atoms with Gasteiger partial charge >= 0.3 is 5.97 Å². The number of carbonyl (C=O) groups is 1. The molecule has 3 aromatic heterocycles. The fourth-order valence-electron chi connectivity index (χ4n) is 5.18. The summed E-state index contributed by atoms with van der Waals surface area (Å²) >= 11 is 1.21. The number of aryl methyl sites for hydroxylation is 2. The van der Waals surface area contributed by atoms with Gasteiger partial charge in [-0.05, 0) is 63.1 Å². The standard InChI is InChI=1S/C34H42N4O7S2Si/c1-9-44-34-35-29-12-10-11-27(32(39)42-5)30(29)37(34)20-25-13-15-26(16-14-25)28-19-22(2)46-33(28)47(40,41)38(21-43-17-18-48(6,7)8)31-23(3)24(4)36-45-31/h10-16,19H,9,17-18,20-21H2,1-8H3. The van der Waals surface area contributed by atoms with Crippen LogP contribution in [0.15, 0.2) is 57.3 Å². The number of methoxy groups -OCH3 is 1. The van der Waals surface area contributed by atoms with E-state index in [-0.39, 0.29) is 16.8 Å². The number of hydrogen-bond donors (Lipinski definition) is 0. The molecular weight excluding hydrogens is 669 g/mol. The lowest BCUT2D eigenvalue weighted by Gasteiger charge is -2.23. The second-order valence-electron chi connectivity index (χ2n) is 12.7. The lowest BCUT2D eigenvalue weighted by atomic mass is 10.1. The van der Waals surface area contributed by atoms with Crippen LogP contribution in [0.2, 0.25) is 25.7 Å². The molecule has 3 heterocycles. The van der Waals surface area contributed by atoms with Gasteiger partial charge < -0.3 is 18.7 Å². The van der Waals surface area contributed by atoms with Gasteiger partial charge in [-0.3, -0.25) is 4.57 Å². The van der Waals surface area contributed by atoms with Gasteiger partial charge in [-0.1, -0.05) is 55.1 Å². The quantitative estimate of drug-likeness (QED) is 0.0501. The predicted octanol–water partition coefficient (Wildman–Crippen LogP) is 7.42. The van der Waals surface area contributed by atoms with E-state index in [0.717, 1.165) is 22.0 Å². The third-order valence-corrected chi connectivity index (χ3v) is 12.9. The maximum Gasteiger partial charge on any atom is 0.340 e. The topological polar surface area (TPSA) is 126 Å². The number of para-hydroxylation sites is 1. The third kappa shape index (κ3) is 7.36. The van der Waals surface area contributed by atoms with Gasteiger partial charge in [-0.15, -0.1) is 11.3 Å². The van der Waals surface area contributed by atoms with Crippen LogP contribution >= 0.6 is 11.3 Å². The van der Waals surface area contributed by atoms with Crippen LogP contribution in [0, 0.1) is 20.8 Å². The molecule has 0 bridgehead atoms. The number of aromatic nitrogens is 3. The van der Waals surface area contributed by atoms with Gasteiger partial charge in [0, 0.05) is 30.7 Å². The van der Waals surface area contributed by atoms with E-state index >= 15 is 0 Å². The Kier molecular flexibility index (Phi) is 10.5. The number of esters is 1. The first-order valence-electron chi connectivity index (χ1n) is 15.7. The Balaban J connectivity index is 1.49. The molecule has 0 atom stereocenters. The largest absolute Gasteiger partial charge is 0.465 e. The maximum absolute atomic E-state index is 14.4. The summed E-state index contributed by atoms with van der Waals surface area (Å²) in [5.74, 6) is -0.315. The van der Waals surface area contributed by atoms with Crippen LogP contribution in [-0.2, 0) is 26.0 Å². The molecule has 0 unspecified atom stereocenters. The molecule has 5 aromatic rings. The monoisotopic (exact) mass is 710 g/mol. The van der Waals surface area contributed by atoms with E-state index < -0.39 is 24.1 Å². The van der Waals surface area contributed by atoms with Crippen molar-refractivity contribution >= 4 is 52.3 Å². The summed E-state index contributed by atoms with van der Waals surface area (Å²) in [4.78, 5) is 18.1. The molecule has 0 aliphatic carbocycles. The molecule has 2 aromatic carbocycles. The predicted molar refractivity (Wildman–Crippen MR) is 190 cm³/mol. The molecule has 11 nitrogen and oxygen atoms in total. The molecule has 0 fully saturated rings. The van der Waals surface area contributed by atoms with E-state index in [2.05, 4.69) is 29.8 Å². The summed E-state index contributed by atoms with van der Waals surface area (Å²) in [6, 6.07) is 16.1. The molecule has 0 radical (unpaired) electrons. The summed E-state index contributed by atoms with van der Waals surface area (Å²) in [5.41, 5.74) is 5.10. The van der Waals surface area contributed by atoms with E-state index in [9.17, 15) is 13.2 Å². The minimum absolute atomic E-state index is 0.150. The van der Waals surface area contributed by atoms with Gasteiger partial charge in [-0.25, -0.2) is 9.10 Å². The Morgan fingerprint density at radius 1 is 1.08 bits per heavy atom. The van der Waals surface area contributed by atoms with Crippen molar-refractivity contribution in [3.05, 3.63) is 75.8 Å². The van der Waals surface area contributed by atoms with Crippen molar-refractivity contribution < 1.29 is 31.9 Å². The first-order chi connectivity index (χ1) is 22.7. The molecule has 14 heteroatoms. The second-order valence-corrected chi connectivity index (χ2v) is 21.7. The number of benzene rings is 2. The molecule has 48 heavy (non-hydrogen) atoms. The van der Waals surface area contributed by atoms with Crippen LogP contribution in [0.5, 0.6) is 6.01 Å². The van der Waals surface area contributed by atoms with Crippen molar-refractivity contribution in [2.45, 2.75) is 64.1 Å². The number of imidazole rings is 1. The van der Waals surface area contributed by atoms with Crippen molar-refractivity contribution in [1.29, 1.82) is 0 Å². The van der Waals surface area contributed by atoms with E-state index in [4.69, 9.17) is 18.7 Å². The minimum atomic E-state index is -4.11. The fraction of sp³-hybridized carbons (Fsp3) is 0.382. The highest BCUT2D eigenvalue weighted by Gasteiger charge is 2.34. The van der Waals surface area contributed by atoms with Crippen molar-refractivity contribution in [1.82, 2.24) is 14.7 Å². The van der Waals surface area contributed by atoms with Crippen molar-refractivity contribution in [2.24, 2.45) is 0 Å². The van der Waals surface area contributed by atoms with Crippen LogP contribution in [0.4, 0.5) is 5.88 Å². The number of sulfonamides is 1. The Hall–Kier alpha value is -3.98. The van der Waals surface area contributed by atoms with Gasteiger partial charge in [0.05, 0.1) is 42.6 Å². The molecule has 0 aliphatic heterocycles. The Bertz CT molecular complexity index is 2030. The molecular formula is C34H42N4O7S2Si. The van der Waals surface area contributed by atoms with Crippen molar-refractivity contribution in [3.8, 4) is 17.1 Å². The number of rotatable bonds is 14. The number of nitrogens with zero attached hydrogens (tertiary/aromatic N) is 4. The summed E-state index contributed by atoms with van der Waals surface area (Å²) in [6.07, 6.45) is 0. The van der Waals surface area contributed by atoms with Crippen LogP contribution in [0.1, 0.15) is 39.0 Å². The molecule has 5 rings (SSSR count). The van der Waals surface area contributed by atoms with Crippen LogP contribution in [0.3, 0.4) is 0 Å². The number of hydrogen-bond acceptors (Lipinski definition) is 10. The zero-order valence-corrected chi connectivity index (χ0v) is 31.3. The average Bonchev–Trinajstić information content (AvgIpc) is 3.71. The lowest BCUT2D eigenvalue weighted by molar-refractivity contribution is 0.0602. The van der Waals surface area contributed by atoms with Crippen LogP contribution in [-0.4, -0.2) is 64.2 Å². The lowest BCUT2D eigenvalue weighted by Crippen LogP contribution is -2.34. The Labute approximate surface area is 286 Å². The van der Waals surface area contributed by atoms with E-state index in [1.165, 1.54) is 22.8 Å². The smallest absolute Gasteiger partial charge is 0.340 e. The summed E-state index contributed by atoms with van der Waals surface area (Å²) in [6.45, 7) is 15.1. The second kappa shape index (κ2) is 14.2. The highest BCUT2D eigenvalue weighted by atomic mass is 32.2. The van der Waals surface area contributed by atoms with Crippen LogP contribution < -0.4 is 9.04 Å². The summed E-state index contributed by atoms with van der Waals surface area (Å²) in [7, 11) is -4.15. The van der Waals surface area contributed by atoms with Crippen molar-refractivity contribution in [2.75, 3.05) is 31.4 Å². The van der Waals surface area contributed by atoms with E-state index in [0.29, 0.717) is 59.2 Å². The van der Waals surface area contributed by atoms with E-state index in [1.807, 2.05) is 54.8 Å². The molecule has 0 aliphatic rings. The van der Waals surface area contributed by atoms with Gasteiger partial charge in [-0.2, -0.15) is 13.4 Å². The fourth-order valence-corrected chi connectivity index (χ4v) is 9.04. The molecule has 256 valence electrons. The molecule has 0 saturated carbocycles. The summed E-state index contributed by atoms with van der Waals surface area (Å²) < 4.78 is 54.5. The number of anilines is 1. The first kappa shape index (κ1) is 35.3. The Morgan fingerprint density at radius 3 is 2.44 bits per heavy atom. The Morgan fingerprint density at radius 2 is 1.81 bits per heavy atom. The van der Waals surface area contributed by atoms with E-state index in [1.54, 1.807) is 26.0 Å². The number of thiophene rings is 1. The van der Waals surface area contributed by atoms with Gasteiger partial charge in [0.25, 0.3) is 16.0 Å². The molecule has 0 N–H and O–H groups in total. The normalized spacial score (nSPS) is 12.1. The average molecular weight is 711 g/mol. The molecule has 0 spiro atoms. The zero-order valence-electron chi connectivity index (χ0n) is 28.6. The summed E-state index contributed by atoms with van der Waals surface area (Å²) in [5, 5.41) is 4.03. The van der Waals surface area contributed by atoms with Crippen molar-refractivity contribution in [3.63, 3.8) is 0 Å². The SMILES string of the molecule is CCOc1nc2cccc(C(=O)OC)c2n1Cc1ccc(-c2cc(C)sc2S(=O)(=O)N(COCC[Si](C)(C)C)c2onc(C)c2C)cc1.